The smallest absolute Gasteiger partial charge is 0.191 e. The molecule has 1 aromatic heterocycles. The normalized spacial score (nSPS) is 13.1. The SMILES string of the molecule is CCC(C)NC(=NC)NCc1nc(C(C)C)c(C)s1.I. The highest BCUT2D eigenvalue weighted by molar-refractivity contribution is 14.0. The standard InChI is InChI=1S/C14H26N4S.HI/c1-7-10(4)17-14(15-6)16-8-12-18-13(9(2)3)11(5)19-12;/h9-10H,7-8H2,1-6H3,(H2,15,16,17);1H. The second-order valence-electron chi connectivity index (χ2n) is 5.08. The lowest BCUT2D eigenvalue weighted by molar-refractivity contribution is 0.623. The molecular formula is C14H27IN4S. The number of aryl methyl sites for hydroxylation is 1. The number of thiazole rings is 1. The lowest BCUT2D eigenvalue weighted by atomic mass is 10.1. The first kappa shape index (κ1) is 19.6. The Morgan fingerprint density at radius 1 is 1.35 bits per heavy atom. The van der Waals surface area contributed by atoms with Gasteiger partial charge in [-0.05, 0) is 26.2 Å². The van der Waals surface area contributed by atoms with Crippen molar-refractivity contribution >= 4 is 41.3 Å². The van der Waals surface area contributed by atoms with Crippen molar-refractivity contribution in [2.45, 2.75) is 59.5 Å². The maximum Gasteiger partial charge on any atom is 0.191 e. The van der Waals surface area contributed by atoms with Gasteiger partial charge in [0.25, 0.3) is 0 Å². The highest BCUT2D eigenvalue weighted by Crippen LogP contribution is 2.23. The van der Waals surface area contributed by atoms with E-state index in [0.29, 0.717) is 12.0 Å². The van der Waals surface area contributed by atoms with Crippen LogP contribution in [-0.2, 0) is 6.54 Å². The van der Waals surface area contributed by atoms with E-state index >= 15 is 0 Å². The van der Waals surface area contributed by atoms with Crippen molar-refractivity contribution in [3.63, 3.8) is 0 Å². The fourth-order valence-corrected chi connectivity index (χ4v) is 2.79. The van der Waals surface area contributed by atoms with Gasteiger partial charge in [-0.15, -0.1) is 35.3 Å². The van der Waals surface area contributed by atoms with Gasteiger partial charge in [0.2, 0.25) is 0 Å². The van der Waals surface area contributed by atoms with Gasteiger partial charge in [0.1, 0.15) is 5.01 Å². The third kappa shape index (κ3) is 5.95. The van der Waals surface area contributed by atoms with Gasteiger partial charge in [0.05, 0.1) is 12.2 Å². The number of nitrogens with zero attached hydrogens (tertiary/aromatic N) is 2. The van der Waals surface area contributed by atoms with Gasteiger partial charge in [-0.1, -0.05) is 20.8 Å². The zero-order valence-corrected chi connectivity index (χ0v) is 16.4. The van der Waals surface area contributed by atoms with E-state index in [0.717, 1.165) is 23.9 Å². The Balaban J connectivity index is 0.00000361. The summed E-state index contributed by atoms with van der Waals surface area (Å²) >= 11 is 1.76. The number of nitrogens with one attached hydrogen (secondary N) is 2. The minimum absolute atomic E-state index is 0. The van der Waals surface area contributed by atoms with Crippen LogP contribution in [0.1, 0.15) is 55.6 Å². The summed E-state index contributed by atoms with van der Waals surface area (Å²) in [5.74, 6) is 1.33. The summed E-state index contributed by atoms with van der Waals surface area (Å²) in [7, 11) is 1.80. The number of guanidine groups is 1. The minimum Gasteiger partial charge on any atom is -0.354 e. The number of aromatic nitrogens is 1. The molecule has 4 nitrogen and oxygen atoms in total. The van der Waals surface area contributed by atoms with Crippen LogP contribution in [0.2, 0.25) is 0 Å². The Bertz CT molecular complexity index is 429. The van der Waals surface area contributed by atoms with Crippen molar-refractivity contribution in [1.82, 2.24) is 15.6 Å². The van der Waals surface area contributed by atoms with Gasteiger partial charge in [-0.3, -0.25) is 4.99 Å². The van der Waals surface area contributed by atoms with Gasteiger partial charge in [-0.2, -0.15) is 0 Å². The van der Waals surface area contributed by atoms with E-state index in [9.17, 15) is 0 Å². The summed E-state index contributed by atoms with van der Waals surface area (Å²) in [6.07, 6.45) is 1.08. The molecule has 1 unspecified atom stereocenters. The molecule has 116 valence electrons. The first-order valence-corrected chi connectivity index (χ1v) is 7.72. The molecule has 0 aromatic carbocycles. The van der Waals surface area contributed by atoms with Crippen LogP contribution in [0.25, 0.3) is 0 Å². The average molecular weight is 410 g/mol. The Morgan fingerprint density at radius 2 is 2.00 bits per heavy atom. The predicted octanol–water partition coefficient (Wildman–Crippen LogP) is 3.66. The number of hydrogen-bond acceptors (Lipinski definition) is 3. The van der Waals surface area contributed by atoms with Crippen molar-refractivity contribution in [3.8, 4) is 0 Å². The van der Waals surface area contributed by atoms with E-state index in [4.69, 9.17) is 0 Å². The molecule has 1 heterocycles. The van der Waals surface area contributed by atoms with Crippen LogP contribution in [0.4, 0.5) is 0 Å². The van der Waals surface area contributed by atoms with Crippen LogP contribution in [0.15, 0.2) is 4.99 Å². The van der Waals surface area contributed by atoms with Crippen molar-refractivity contribution in [2.75, 3.05) is 7.05 Å². The number of rotatable bonds is 5. The Morgan fingerprint density at radius 3 is 2.45 bits per heavy atom. The lowest BCUT2D eigenvalue weighted by Gasteiger charge is -2.15. The summed E-state index contributed by atoms with van der Waals surface area (Å²) in [4.78, 5) is 10.2. The monoisotopic (exact) mass is 410 g/mol. The minimum atomic E-state index is 0. The van der Waals surface area contributed by atoms with Crippen LogP contribution in [0, 0.1) is 6.92 Å². The largest absolute Gasteiger partial charge is 0.354 e. The average Bonchev–Trinajstić information content (AvgIpc) is 2.75. The molecule has 0 bridgehead atoms. The molecule has 0 spiro atoms. The van der Waals surface area contributed by atoms with Crippen molar-refractivity contribution in [2.24, 2.45) is 4.99 Å². The first-order chi connectivity index (χ1) is 8.97. The molecule has 6 heteroatoms. The van der Waals surface area contributed by atoms with E-state index in [2.05, 4.69) is 55.2 Å². The quantitative estimate of drug-likeness (QED) is 0.443. The number of hydrogen-bond donors (Lipinski definition) is 2. The zero-order valence-electron chi connectivity index (χ0n) is 13.3. The van der Waals surface area contributed by atoms with Crippen LogP contribution >= 0.6 is 35.3 Å². The maximum absolute atomic E-state index is 4.69. The number of aliphatic imine (C=N–C) groups is 1. The van der Waals surface area contributed by atoms with Crippen LogP contribution in [0.3, 0.4) is 0 Å². The fourth-order valence-electron chi connectivity index (χ4n) is 1.77. The molecule has 0 radical (unpaired) electrons. The summed E-state index contributed by atoms with van der Waals surface area (Å²) in [6.45, 7) is 11.5. The molecule has 1 aromatic rings. The molecule has 0 saturated heterocycles. The van der Waals surface area contributed by atoms with Crippen LogP contribution in [-0.4, -0.2) is 24.0 Å². The third-order valence-corrected chi connectivity index (χ3v) is 4.04. The molecule has 0 aliphatic rings. The lowest BCUT2D eigenvalue weighted by Crippen LogP contribution is -2.41. The van der Waals surface area contributed by atoms with Crippen molar-refractivity contribution < 1.29 is 0 Å². The summed E-state index contributed by atoms with van der Waals surface area (Å²) < 4.78 is 0. The van der Waals surface area contributed by atoms with E-state index < -0.39 is 0 Å². The predicted molar refractivity (Wildman–Crippen MR) is 99.4 cm³/mol. The first-order valence-electron chi connectivity index (χ1n) is 6.91. The molecule has 1 rings (SSSR count). The van der Waals surface area contributed by atoms with E-state index in [1.54, 1.807) is 18.4 Å². The second-order valence-corrected chi connectivity index (χ2v) is 6.37. The molecule has 0 saturated carbocycles. The highest BCUT2D eigenvalue weighted by atomic mass is 127. The van der Waals surface area contributed by atoms with Gasteiger partial charge in [-0.25, -0.2) is 4.98 Å². The van der Waals surface area contributed by atoms with Crippen molar-refractivity contribution in [3.05, 3.63) is 15.6 Å². The Labute approximate surface area is 143 Å². The molecule has 0 aliphatic heterocycles. The molecule has 0 aliphatic carbocycles. The van der Waals surface area contributed by atoms with Gasteiger partial charge in [0, 0.05) is 18.0 Å². The van der Waals surface area contributed by atoms with Gasteiger partial charge in [0.15, 0.2) is 5.96 Å². The fraction of sp³-hybridized carbons (Fsp3) is 0.714. The third-order valence-electron chi connectivity index (χ3n) is 3.05. The molecular weight excluding hydrogens is 383 g/mol. The van der Waals surface area contributed by atoms with E-state index in [1.807, 2.05) is 0 Å². The second kappa shape index (κ2) is 9.55. The zero-order chi connectivity index (χ0) is 14.4. The Kier molecular flexibility index (Phi) is 9.37. The summed E-state index contributed by atoms with van der Waals surface area (Å²) in [5.41, 5.74) is 1.21. The summed E-state index contributed by atoms with van der Waals surface area (Å²) in [5, 5.41) is 7.78. The number of halogens is 1. The Hall–Kier alpha value is -0.370. The summed E-state index contributed by atoms with van der Waals surface area (Å²) in [6, 6.07) is 0.426. The van der Waals surface area contributed by atoms with Crippen LogP contribution in [0.5, 0.6) is 0 Å². The highest BCUT2D eigenvalue weighted by Gasteiger charge is 2.11. The van der Waals surface area contributed by atoms with Crippen molar-refractivity contribution in [1.29, 1.82) is 0 Å². The van der Waals surface area contributed by atoms with E-state index in [1.165, 1.54) is 10.6 Å². The maximum atomic E-state index is 4.69. The van der Waals surface area contributed by atoms with Crippen LogP contribution < -0.4 is 10.6 Å². The molecule has 20 heavy (non-hydrogen) atoms. The van der Waals surface area contributed by atoms with E-state index in [-0.39, 0.29) is 24.0 Å². The molecule has 0 amide bonds. The molecule has 1 atom stereocenters. The molecule has 0 fully saturated rings. The topological polar surface area (TPSA) is 49.3 Å². The van der Waals surface area contributed by atoms with Gasteiger partial charge >= 0.3 is 0 Å². The molecule has 2 N–H and O–H groups in total. The van der Waals surface area contributed by atoms with Gasteiger partial charge < -0.3 is 10.6 Å².